The van der Waals surface area contributed by atoms with Gasteiger partial charge in [0.2, 0.25) is 0 Å². The average molecular weight is 130 g/mol. The van der Waals surface area contributed by atoms with Gasteiger partial charge in [0.15, 0.2) is 0 Å². The lowest BCUT2D eigenvalue weighted by molar-refractivity contribution is 0.176. The van der Waals surface area contributed by atoms with Crippen molar-refractivity contribution in [2.24, 2.45) is 5.84 Å². The van der Waals surface area contributed by atoms with E-state index in [9.17, 15) is 4.79 Å². The van der Waals surface area contributed by atoms with E-state index in [2.05, 4.69) is 4.74 Å². The quantitative estimate of drug-likeness (QED) is 0.235. The third-order valence-corrected chi connectivity index (χ3v) is 0.778. The van der Waals surface area contributed by atoms with Crippen molar-refractivity contribution in [1.82, 2.24) is 5.43 Å². The maximum Gasteiger partial charge on any atom is 0.426 e. The van der Waals surface area contributed by atoms with Gasteiger partial charge >= 0.3 is 6.09 Å². The minimum Gasteiger partial charge on any atom is -0.415 e. The van der Waals surface area contributed by atoms with Crippen LogP contribution in [0.25, 0.3) is 0 Å². The highest BCUT2D eigenvalue weighted by Crippen LogP contribution is 1.92. The van der Waals surface area contributed by atoms with Gasteiger partial charge in [-0.15, -0.1) is 0 Å². The zero-order valence-electron chi connectivity index (χ0n) is 5.47. The van der Waals surface area contributed by atoms with E-state index in [0.717, 1.165) is 0 Å². The normalized spacial score (nSPS) is 10.8. The zero-order valence-corrected chi connectivity index (χ0v) is 5.47. The summed E-state index contributed by atoms with van der Waals surface area (Å²) < 4.78 is 4.53. The van der Waals surface area contributed by atoms with Crippen LogP contribution in [0.4, 0.5) is 4.79 Å². The number of allylic oxidation sites excluding steroid dienone is 2. The topological polar surface area (TPSA) is 64.3 Å². The van der Waals surface area contributed by atoms with Crippen LogP contribution in [0, 0.1) is 0 Å². The Bertz CT molecular complexity index is 131. The van der Waals surface area contributed by atoms with Gasteiger partial charge in [-0.3, -0.25) is 5.43 Å². The van der Waals surface area contributed by atoms with Crippen LogP contribution in [0.15, 0.2) is 11.8 Å². The van der Waals surface area contributed by atoms with E-state index in [1.165, 1.54) is 0 Å². The molecule has 0 aliphatic heterocycles. The van der Waals surface area contributed by atoms with Crippen molar-refractivity contribution in [3.8, 4) is 0 Å². The number of nitrogens with two attached hydrogens (primary N) is 1. The van der Waals surface area contributed by atoms with Gasteiger partial charge in [0.1, 0.15) is 5.76 Å². The summed E-state index contributed by atoms with van der Waals surface area (Å²) in [5, 5.41) is 0. The number of hydrazine groups is 1. The fourth-order valence-corrected chi connectivity index (χ4v) is 0.235. The van der Waals surface area contributed by atoms with E-state index in [1.54, 1.807) is 19.9 Å². The zero-order chi connectivity index (χ0) is 7.28. The van der Waals surface area contributed by atoms with Crippen molar-refractivity contribution >= 4 is 6.09 Å². The van der Waals surface area contributed by atoms with Crippen LogP contribution >= 0.6 is 0 Å². The Morgan fingerprint density at radius 3 is 2.67 bits per heavy atom. The molecule has 0 aromatic rings. The van der Waals surface area contributed by atoms with Gasteiger partial charge < -0.3 is 4.74 Å². The standard InChI is InChI=1S/C5H10N2O2/c1-3-4(2)9-5(8)7-6/h3H,6H2,1-2H3,(H,7,8)/b4-3+. The lowest BCUT2D eigenvalue weighted by atomic mass is 10.5. The minimum atomic E-state index is -0.648. The Hall–Kier alpha value is -1.03. The van der Waals surface area contributed by atoms with Crippen molar-refractivity contribution in [2.75, 3.05) is 0 Å². The molecule has 0 saturated heterocycles. The predicted octanol–water partition coefficient (Wildman–Crippen LogP) is 0.510. The summed E-state index contributed by atoms with van der Waals surface area (Å²) >= 11 is 0. The molecule has 0 saturated carbocycles. The summed E-state index contributed by atoms with van der Waals surface area (Å²) in [5.41, 5.74) is 1.83. The summed E-state index contributed by atoms with van der Waals surface area (Å²) in [4.78, 5) is 10.3. The largest absolute Gasteiger partial charge is 0.426 e. The van der Waals surface area contributed by atoms with Gasteiger partial charge in [0.25, 0.3) is 0 Å². The van der Waals surface area contributed by atoms with E-state index >= 15 is 0 Å². The molecule has 0 rings (SSSR count). The molecule has 9 heavy (non-hydrogen) atoms. The molecule has 0 radical (unpaired) electrons. The second-order valence-corrected chi connectivity index (χ2v) is 1.43. The first-order valence-electron chi connectivity index (χ1n) is 2.52. The van der Waals surface area contributed by atoms with Crippen LogP contribution in [-0.2, 0) is 4.74 Å². The van der Waals surface area contributed by atoms with Gasteiger partial charge in [0.05, 0.1) is 0 Å². The van der Waals surface area contributed by atoms with Crippen LogP contribution in [0.5, 0.6) is 0 Å². The first-order chi connectivity index (χ1) is 4.20. The number of carbonyl (C=O) groups is 1. The highest BCUT2D eigenvalue weighted by atomic mass is 16.6. The number of nitrogens with one attached hydrogen (secondary N) is 1. The number of amides is 1. The van der Waals surface area contributed by atoms with Crippen LogP contribution in [0.1, 0.15) is 13.8 Å². The van der Waals surface area contributed by atoms with Gasteiger partial charge in [-0.1, -0.05) is 0 Å². The molecule has 52 valence electrons. The van der Waals surface area contributed by atoms with Crippen LogP contribution < -0.4 is 11.3 Å². The Morgan fingerprint density at radius 2 is 2.33 bits per heavy atom. The molecule has 0 spiro atoms. The van der Waals surface area contributed by atoms with E-state index in [0.29, 0.717) is 5.76 Å². The van der Waals surface area contributed by atoms with Gasteiger partial charge in [0, 0.05) is 0 Å². The molecule has 4 heteroatoms. The molecule has 1 amide bonds. The lowest BCUT2D eigenvalue weighted by Crippen LogP contribution is -2.30. The molecule has 0 aliphatic rings. The van der Waals surface area contributed by atoms with Crippen LogP contribution in [0.2, 0.25) is 0 Å². The maximum absolute atomic E-state index is 10.3. The third kappa shape index (κ3) is 3.54. The first kappa shape index (κ1) is 7.97. The van der Waals surface area contributed by atoms with E-state index < -0.39 is 6.09 Å². The SMILES string of the molecule is C/C=C(\C)OC(=O)NN. The number of hydrogen-bond acceptors (Lipinski definition) is 3. The van der Waals surface area contributed by atoms with Crippen molar-refractivity contribution in [2.45, 2.75) is 13.8 Å². The lowest BCUT2D eigenvalue weighted by Gasteiger charge is -1.99. The molecule has 0 aromatic carbocycles. The molecular weight excluding hydrogens is 120 g/mol. The summed E-state index contributed by atoms with van der Waals surface area (Å²) in [5.74, 6) is 5.25. The highest BCUT2D eigenvalue weighted by Gasteiger charge is 1.96. The van der Waals surface area contributed by atoms with Crippen LogP contribution in [0.3, 0.4) is 0 Å². The van der Waals surface area contributed by atoms with Crippen molar-refractivity contribution < 1.29 is 9.53 Å². The Morgan fingerprint density at radius 1 is 1.78 bits per heavy atom. The number of hydrogen-bond donors (Lipinski definition) is 2. The predicted molar refractivity (Wildman–Crippen MR) is 33.2 cm³/mol. The van der Waals surface area contributed by atoms with Crippen molar-refractivity contribution in [3.05, 3.63) is 11.8 Å². The second kappa shape index (κ2) is 3.91. The van der Waals surface area contributed by atoms with Crippen molar-refractivity contribution in [1.29, 1.82) is 0 Å². The number of rotatable bonds is 1. The molecule has 0 bridgehead atoms. The molecule has 0 atom stereocenters. The minimum absolute atomic E-state index is 0.526. The summed E-state index contributed by atoms with van der Waals surface area (Å²) in [7, 11) is 0. The molecule has 0 unspecified atom stereocenters. The van der Waals surface area contributed by atoms with E-state index in [1.807, 2.05) is 5.43 Å². The third-order valence-electron chi connectivity index (χ3n) is 0.778. The van der Waals surface area contributed by atoms with Gasteiger partial charge in [-0.2, -0.15) is 0 Å². The second-order valence-electron chi connectivity index (χ2n) is 1.43. The summed E-state index contributed by atoms with van der Waals surface area (Å²) in [6.07, 6.45) is 1.01. The molecule has 3 N–H and O–H groups in total. The fourth-order valence-electron chi connectivity index (χ4n) is 0.235. The smallest absolute Gasteiger partial charge is 0.415 e. The average Bonchev–Trinajstić information content (AvgIpc) is 1.87. The number of carbonyl (C=O) groups excluding carboxylic acids is 1. The highest BCUT2D eigenvalue weighted by molar-refractivity contribution is 5.67. The molecule has 0 fully saturated rings. The summed E-state index contributed by atoms with van der Waals surface area (Å²) in [6.45, 7) is 3.42. The fraction of sp³-hybridized carbons (Fsp3) is 0.400. The van der Waals surface area contributed by atoms with Gasteiger partial charge in [-0.25, -0.2) is 10.6 Å². The van der Waals surface area contributed by atoms with Gasteiger partial charge in [-0.05, 0) is 19.9 Å². The molecular formula is C5H10N2O2. The monoisotopic (exact) mass is 130 g/mol. The Kier molecular flexibility index (Phi) is 3.46. The molecule has 0 heterocycles. The molecule has 0 aliphatic carbocycles. The van der Waals surface area contributed by atoms with Crippen molar-refractivity contribution in [3.63, 3.8) is 0 Å². The number of ether oxygens (including phenoxy) is 1. The maximum atomic E-state index is 10.3. The Labute approximate surface area is 53.6 Å². The van der Waals surface area contributed by atoms with Crippen LogP contribution in [-0.4, -0.2) is 6.09 Å². The first-order valence-corrected chi connectivity index (χ1v) is 2.52. The Balaban J connectivity index is 3.60. The van der Waals surface area contributed by atoms with E-state index in [-0.39, 0.29) is 0 Å². The molecule has 0 aromatic heterocycles. The van der Waals surface area contributed by atoms with E-state index in [4.69, 9.17) is 5.84 Å². The summed E-state index contributed by atoms with van der Waals surface area (Å²) in [6, 6.07) is 0. The molecule has 4 nitrogen and oxygen atoms in total.